The van der Waals surface area contributed by atoms with Gasteiger partial charge in [0.1, 0.15) is 0 Å². The number of pyridine rings is 2. The Labute approximate surface area is 90.0 Å². The molecule has 0 atom stereocenters. The van der Waals surface area contributed by atoms with Crippen LogP contribution < -0.4 is 0 Å². The summed E-state index contributed by atoms with van der Waals surface area (Å²) in [5.41, 5.74) is 5.81. The largest absolute Gasteiger partial charge is 0.264 e. The van der Waals surface area contributed by atoms with Gasteiger partial charge in [0.15, 0.2) is 0 Å². The van der Waals surface area contributed by atoms with Crippen molar-refractivity contribution in [2.45, 2.75) is 20.8 Å². The number of rotatable bonds is 1. The minimum Gasteiger partial charge on any atom is -0.264 e. The lowest BCUT2D eigenvalue weighted by Crippen LogP contribution is -1.91. The number of nitrogens with zero attached hydrogens (tertiary/aromatic N) is 2. The first-order valence-electron chi connectivity index (χ1n) is 5.02. The van der Waals surface area contributed by atoms with Crippen molar-refractivity contribution in [3.05, 3.63) is 47.4 Å². The molecule has 0 N–H and O–H groups in total. The van der Waals surface area contributed by atoms with E-state index < -0.39 is 0 Å². The molecule has 0 radical (unpaired) electrons. The van der Waals surface area contributed by atoms with Crippen molar-refractivity contribution in [2.75, 3.05) is 0 Å². The Balaban J connectivity index is 2.55. The van der Waals surface area contributed by atoms with Gasteiger partial charge in [0.05, 0.1) is 5.69 Å². The summed E-state index contributed by atoms with van der Waals surface area (Å²) in [5.74, 6) is 0. The Kier molecular flexibility index (Phi) is 2.50. The average molecular weight is 198 g/mol. The summed E-state index contributed by atoms with van der Waals surface area (Å²) in [4.78, 5) is 8.56. The minimum absolute atomic E-state index is 1.00. The van der Waals surface area contributed by atoms with Crippen molar-refractivity contribution >= 4 is 0 Å². The molecule has 2 aromatic rings. The molecule has 0 aliphatic carbocycles. The van der Waals surface area contributed by atoms with E-state index in [4.69, 9.17) is 0 Å². The zero-order valence-electron chi connectivity index (χ0n) is 9.28. The maximum absolute atomic E-state index is 4.43. The lowest BCUT2D eigenvalue weighted by atomic mass is 10.1. The topological polar surface area (TPSA) is 25.8 Å². The zero-order chi connectivity index (χ0) is 10.8. The highest BCUT2D eigenvalue weighted by Gasteiger charge is 2.03. The van der Waals surface area contributed by atoms with Crippen LogP contribution in [0.1, 0.15) is 16.7 Å². The Hall–Kier alpha value is -1.70. The lowest BCUT2D eigenvalue weighted by molar-refractivity contribution is 1.20. The monoisotopic (exact) mass is 198 g/mol. The molecule has 76 valence electrons. The van der Waals surface area contributed by atoms with Crippen molar-refractivity contribution < 1.29 is 0 Å². The van der Waals surface area contributed by atoms with Gasteiger partial charge in [-0.3, -0.25) is 9.97 Å². The van der Waals surface area contributed by atoms with E-state index in [0.29, 0.717) is 0 Å². The molecule has 2 heteroatoms. The van der Waals surface area contributed by atoms with Crippen LogP contribution >= 0.6 is 0 Å². The van der Waals surface area contributed by atoms with E-state index in [1.165, 1.54) is 16.7 Å². The summed E-state index contributed by atoms with van der Waals surface area (Å²) in [6.07, 6.45) is 5.59. The molecule has 15 heavy (non-hydrogen) atoms. The predicted molar refractivity (Wildman–Crippen MR) is 61.7 cm³/mol. The van der Waals surface area contributed by atoms with Crippen molar-refractivity contribution in [1.29, 1.82) is 0 Å². The maximum atomic E-state index is 4.43. The van der Waals surface area contributed by atoms with E-state index in [1.807, 2.05) is 18.5 Å². The summed E-state index contributed by atoms with van der Waals surface area (Å²) in [6, 6.07) is 4.12. The van der Waals surface area contributed by atoms with E-state index in [1.54, 1.807) is 6.20 Å². The van der Waals surface area contributed by atoms with Crippen molar-refractivity contribution in [3.63, 3.8) is 0 Å². The second-order valence-corrected chi connectivity index (χ2v) is 3.84. The first-order chi connectivity index (χ1) is 7.18. The van der Waals surface area contributed by atoms with Crippen LogP contribution in [0.25, 0.3) is 11.3 Å². The summed E-state index contributed by atoms with van der Waals surface area (Å²) < 4.78 is 0. The van der Waals surface area contributed by atoms with E-state index in [2.05, 4.69) is 36.8 Å². The number of hydrogen-bond acceptors (Lipinski definition) is 2. The summed E-state index contributed by atoms with van der Waals surface area (Å²) >= 11 is 0. The van der Waals surface area contributed by atoms with Crippen molar-refractivity contribution in [1.82, 2.24) is 9.97 Å². The molecular weight excluding hydrogens is 184 g/mol. The molecule has 0 unspecified atom stereocenters. The molecule has 0 saturated carbocycles. The minimum atomic E-state index is 1.00. The summed E-state index contributed by atoms with van der Waals surface area (Å²) in [7, 11) is 0. The normalized spacial score (nSPS) is 10.3. The highest BCUT2D eigenvalue weighted by Crippen LogP contribution is 2.21. The Morgan fingerprint density at radius 1 is 0.933 bits per heavy atom. The van der Waals surface area contributed by atoms with Gasteiger partial charge in [0, 0.05) is 24.2 Å². The third-order valence-corrected chi connectivity index (χ3v) is 2.69. The van der Waals surface area contributed by atoms with Crippen molar-refractivity contribution in [3.8, 4) is 11.3 Å². The first kappa shape index (κ1) is 9.84. The molecule has 2 aromatic heterocycles. The SMILES string of the molecule is Cc1cnc(-c2cnccc2C)cc1C. The molecule has 0 aliphatic rings. The van der Waals surface area contributed by atoms with Crippen LogP contribution in [-0.2, 0) is 0 Å². The van der Waals surface area contributed by atoms with Crippen LogP contribution in [0, 0.1) is 20.8 Å². The fourth-order valence-corrected chi connectivity index (χ4v) is 1.50. The van der Waals surface area contributed by atoms with E-state index in [9.17, 15) is 0 Å². The fourth-order valence-electron chi connectivity index (χ4n) is 1.50. The Bertz CT molecular complexity index is 490. The molecule has 2 rings (SSSR count). The third kappa shape index (κ3) is 1.89. The third-order valence-electron chi connectivity index (χ3n) is 2.69. The molecule has 0 fully saturated rings. The predicted octanol–water partition coefficient (Wildman–Crippen LogP) is 3.07. The molecule has 0 saturated heterocycles. The van der Waals surface area contributed by atoms with Gasteiger partial charge in [0.2, 0.25) is 0 Å². The second-order valence-electron chi connectivity index (χ2n) is 3.84. The fraction of sp³-hybridized carbons (Fsp3) is 0.231. The van der Waals surface area contributed by atoms with Crippen LogP contribution in [0.3, 0.4) is 0 Å². The summed E-state index contributed by atoms with van der Waals surface area (Å²) in [6.45, 7) is 6.25. The number of hydrogen-bond donors (Lipinski definition) is 0. The van der Waals surface area contributed by atoms with Crippen LogP contribution in [0.15, 0.2) is 30.7 Å². The molecule has 2 nitrogen and oxygen atoms in total. The second kappa shape index (κ2) is 3.81. The van der Waals surface area contributed by atoms with E-state index >= 15 is 0 Å². The van der Waals surface area contributed by atoms with Gasteiger partial charge in [-0.05, 0) is 49.6 Å². The van der Waals surface area contributed by atoms with Gasteiger partial charge in [-0.25, -0.2) is 0 Å². The zero-order valence-corrected chi connectivity index (χ0v) is 9.28. The first-order valence-corrected chi connectivity index (χ1v) is 5.02. The standard InChI is InChI=1S/C13H14N2/c1-9-4-5-14-8-12(9)13-6-10(2)11(3)7-15-13/h4-8H,1-3H3. The van der Waals surface area contributed by atoms with Crippen LogP contribution in [0.2, 0.25) is 0 Å². The highest BCUT2D eigenvalue weighted by molar-refractivity contribution is 5.62. The molecule has 0 amide bonds. The van der Waals surface area contributed by atoms with Gasteiger partial charge in [-0.2, -0.15) is 0 Å². The quantitative estimate of drug-likeness (QED) is 0.703. The molecule has 0 aromatic carbocycles. The Morgan fingerprint density at radius 2 is 1.73 bits per heavy atom. The van der Waals surface area contributed by atoms with Crippen LogP contribution in [0.4, 0.5) is 0 Å². The van der Waals surface area contributed by atoms with Gasteiger partial charge >= 0.3 is 0 Å². The van der Waals surface area contributed by atoms with Gasteiger partial charge in [-0.1, -0.05) is 0 Å². The van der Waals surface area contributed by atoms with Crippen LogP contribution in [0.5, 0.6) is 0 Å². The van der Waals surface area contributed by atoms with E-state index in [-0.39, 0.29) is 0 Å². The van der Waals surface area contributed by atoms with Crippen LogP contribution in [-0.4, -0.2) is 9.97 Å². The van der Waals surface area contributed by atoms with E-state index in [0.717, 1.165) is 11.3 Å². The number of aryl methyl sites for hydroxylation is 3. The molecule has 2 heterocycles. The lowest BCUT2D eigenvalue weighted by Gasteiger charge is -2.06. The molecular formula is C13H14N2. The molecule has 0 bridgehead atoms. The number of aromatic nitrogens is 2. The average Bonchev–Trinajstić information content (AvgIpc) is 2.23. The molecule has 0 spiro atoms. The Morgan fingerprint density at radius 3 is 2.40 bits per heavy atom. The summed E-state index contributed by atoms with van der Waals surface area (Å²) in [5, 5.41) is 0. The maximum Gasteiger partial charge on any atom is 0.0722 e. The van der Waals surface area contributed by atoms with Crippen molar-refractivity contribution in [2.24, 2.45) is 0 Å². The highest BCUT2D eigenvalue weighted by atomic mass is 14.7. The van der Waals surface area contributed by atoms with Gasteiger partial charge in [0.25, 0.3) is 0 Å². The molecule has 0 aliphatic heterocycles. The van der Waals surface area contributed by atoms with Gasteiger partial charge < -0.3 is 0 Å². The van der Waals surface area contributed by atoms with Gasteiger partial charge in [-0.15, -0.1) is 0 Å². The smallest absolute Gasteiger partial charge is 0.0722 e.